The predicted octanol–water partition coefficient (Wildman–Crippen LogP) is 8.28. The second kappa shape index (κ2) is 14.4. The molecule has 37 heavy (non-hydrogen) atoms. The molecule has 4 nitrogen and oxygen atoms in total. The summed E-state index contributed by atoms with van der Waals surface area (Å²) in [5.74, 6) is 1.66. The fraction of sp³-hybridized carbons (Fsp3) is 0.375. The highest BCUT2D eigenvalue weighted by Gasteiger charge is 2.20. The molecule has 5 heteroatoms. The Bertz CT molecular complexity index is 1120. The van der Waals surface area contributed by atoms with E-state index in [0.29, 0.717) is 30.3 Å². The zero-order chi connectivity index (χ0) is 27.5. The predicted molar refractivity (Wildman–Crippen MR) is 150 cm³/mol. The smallest absolute Gasteiger partial charge is 0.129 e. The summed E-state index contributed by atoms with van der Waals surface area (Å²) >= 11 is 0. The van der Waals surface area contributed by atoms with Crippen LogP contribution < -0.4 is 4.74 Å². The number of hydrogen-bond donors (Lipinski definition) is 2. The maximum absolute atomic E-state index is 14.6. The first-order valence-corrected chi connectivity index (χ1v) is 12.7. The van der Waals surface area contributed by atoms with Crippen LogP contribution >= 0.6 is 0 Å². The minimum Gasteiger partial charge on any atom is -0.516 e. The Labute approximate surface area is 221 Å². The van der Waals surface area contributed by atoms with E-state index in [1.54, 1.807) is 13.0 Å². The van der Waals surface area contributed by atoms with Gasteiger partial charge in [0.1, 0.15) is 23.9 Å². The molecule has 2 atom stereocenters. The van der Waals surface area contributed by atoms with Crippen LogP contribution in [0.2, 0.25) is 0 Å². The second-order valence-electron chi connectivity index (χ2n) is 9.66. The molecule has 2 unspecified atom stereocenters. The molecule has 1 aliphatic carbocycles. The van der Waals surface area contributed by atoms with E-state index in [0.717, 1.165) is 47.1 Å². The minimum absolute atomic E-state index is 0.127. The number of aryl methyl sites for hydroxylation is 2. The maximum Gasteiger partial charge on any atom is 0.129 e. The van der Waals surface area contributed by atoms with Gasteiger partial charge in [0.25, 0.3) is 0 Å². The molecule has 0 heterocycles. The number of aliphatic hydroxyl groups is 2. The third-order valence-corrected chi connectivity index (χ3v) is 6.29. The zero-order valence-electron chi connectivity index (χ0n) is 22.8. The lowest BCUT2D eigenvalue weighted by Crippen LogP contribution is -2.07. The molecule has 1 aliphatic rings. The average molecular weight is 509 g/mol. The van der Waals surface area contributed by atoms with Crippen molar-refractivity contribution in [2.45, 2.75) is 66.6 Å². The van der Waals surface area contributed by atoms with Gasteiger partial charge in [-0.15, -0.1) is 0 Å². The second-order valence-corrected chi connectivity index (χ2v) is 9.66. The van der Waals surface area contributed by atoms with Gasteiger partial charge in [0.2, 0.25) is 0 Å². The van der Waals surface area contributed by atoms with E-state index in [9.17, 15) is 9.50 Å². The summed E-state index contributed by atoms with van der Waals surface area (Å²) in [5.41, 5.74) is 7.20. The van der Waals surface area contributed by atoms with Gasteiger partial charge in [-0.3, -0.25) is 0 Å². The van der Waals surface area contributed by atoms with Crippen LogP contribution in [0.3, 0.4) is 0 Å². The van der Waals surface area contributed by atoms with E-state index in [-0.39, 0.29) is 18.5 Å². The molecule has 0 spiro atoms. The standard InChI is InChI=1S/C30H37FO3.C2H4O/c1-7-24-12-19(2)13-26(24)16-23(6)34-18-27-17-25(8-9-29(27)31)30-20(3)14-28(15-21(30)4)33-11-10-22(5)32;1-2-3/h7-9,14-17,19,22,32H,6,10-13,18H2,1-5H3;2-3H,1H2/b24-7-,26-16-;. The summed E-state index contributed by atoms with van der Waals surface area (Å²) in [6.45, 7) is 17.6. The Morgan fingerprint density at radius 3 is 2.38 bits per heavy atom. The molecule has 0 radical (unpaired) electrons. The normalized spacial score (nSPS) is 17.8. The molecule has 0 aliphatic heterocycles. The van der Waals surface area contributed by atoms with Gasteiger partial charge < -0.3 is 19.7 Å². The fourth-order valence-electron chi connectivity index (χ4n) is 4.60. The van der Waals surface area contributed by atoms with E-state index in [1.807, 2.05) is 38.1 Å². The van der Waals surface area contributed by atoms with Gasteiger partial charge in [-0.05, 0) is 110 Å². The van der Waals surface area contributed by atoms with Crippen molar-refractivity contribution < 1.29 is 24.1 Å². The number of rotatable bonds is 9. The Balaban J connectivity index is 0.00000153. The third kappa shape index (κ3) is 8.94. The average Bonchev–Trinajstić information content (AvgIpc) is 3.18. The molecule has 2 aromatic carbocycles. The first kappa shape index (κ1) is 29.9. The van der Waals surface area contributed by atoms with Crippen molar-refractivity contribution in [1.29, 1.82) is 0 Å². The molecular weight excluding hydrogens is 467 g/mol. The zero-order valence-corrected chi connectivity index (χ0v) is 22.8. The van der Waals surface area contributed by atoms with Crippen molar-refractivity contribution in [2.24, 2.45) is 5.92 Å². The van der Waals surface area contributed by atoms with Crippen molar-refractivity contribution in [3.05, 3.63) is 101 Å². The van der Waals surface area contributed by atoms with Crippen molar-refractivity contribution in [2.75, 3.05) is 6.61 Å². The largest absolute Gasteiger partial charge is 0.516 e. The number of ether oxygens (including phenoxy) is 2. The Morgan fingerprint density at radius 1 is 1.16 bits per heavy atom. The summed E-state index contributed by atoms with van der Waals surface area (Å²) in [4.78, 5) is 0. The summed E-state index contributed by atoms with van der Waals surface area (Å²) < 4.78 is 26.3. The quantitative estimate of drug-likeness (QED) is 0.335. The lowest BCUT2D eigenvalue weighted by Gasteiger charge is -2.16. The molecule has 3 rings (SSSR count). The van der Waals surface area contributed by atoms with Gasteiger partial charge in [0.15, 0.2) is 0 Å². The highest BCUT2D eigenvalue weighted by Crippen LogP contribution is 2.36. The molecule has 0 bridgehead atoms. The van der Waals surface area contributed by atoms with E-state index in [1.165, 1.54) is 17.2 Å². The van der Waals surface area contributed by atoms with E-state index >= 15 is 0 Å². The van der Waals surface area contributed by atoms with Crippen LogP contribution in [0.5, 0.6) is 5.75 Å². The van der Waals surface area contributed by atoms with Crippen molar-refractivity contribution in [3.8, 4) is 16.9 Å². The van der Waals surface area contributed by atoms with E-state index in [4.69, 9.17) is 14.6 Å². The van der Waals surface area contributed by atoms with Crippen molar-refractivity contribution >= 4 is 0 Å². The highest BCUT2D eigenvalue weighted by atomic mass is 19.1. The lowest BCUT2D eigenvalue weighted by atomic mass is 9.94. The molecule has 2 aromatic rings. The molecule has 0 aromatic heterocycles. The molecule has 0 amide bonds. The van der Waals surface area contributed by atoms with Crippen LogP contribution in [0.15, 0.2) is 78.8 Å². The SMILES string of the molecule is C=C(/C=C1/CC(C)C/C1=C/C)OCc1cc(-c2c(C)cc(OCCC(C)O)cc2C)ccc1F.C=CO. The van der Waals surface area contributed by atoms with Crippen LogP contribution in [0.4, 0.5) is 4.39 Å². The Kier molecular flexibility index (Phi) is 11.7. The summed E-state index contributed by atoms with van der Waals surface area (Å²) in [7, 11) is 0. The lowest BCUT2D eigenvalue weighted by molar-refractivity contribution is 0.155. The maximum atomic E-state index is 14.6. The van der Waals surface area contributed by atoms with Gasteiger partial charge in [-0.25, -0.2) is 4.39 Å². The molecule has 2 N–H and O–H groups in total. The van der Waals surface area contributed by atoms with Gasteiger partial charge in [0, 0.05) is 12.0 Å². The van der Waals surface area contributed by atoms with E-state index < -0.39 is 0 Å². The Morgan fingerprint density at radius 2 is 1.78 bits per heavy atom. The van der Waals surface area contributed by atoms with Crippen molar-refractivity contribution in [3.63, 3.8) is 0 Å². The van der Waals surface area contributed by atoms with Crippen LogP contribution in [-0.4, -0.2) is 22.9 Å². The first-order valence-electron chi connectivity index (χ1n) is 12.7. The van der Waals surface area contributed by atoms with Crippen LogP contribution in [0.25, 0.3) is 11.1 Å². The number of allylic oxidation sites excluding steroid dienone is 4. The highest BCUT2D eigenvalue weighted by molar-refractivity contribution is 5.72. The number of benzene rings is 2. The van der Waals surface area contributed by atoms with Gasteiger partial charge in [-0.1, -0.05) is 32.2 Å². The minimum atomic E-state index is -0.388. The summed E-state index contributed by atoms with van der Waals surface area (Å²) in [6.07, 6.45) is 7.18. The summed E-state index contributed by atoms with van der Waals surface area (Å²) in [6, 6.07) is 9.13. The van der Waals surface area contributed by atoms with Gasteiger partial charge in [-0.2, -0.15) is 0 Å². The van der Waals surface area contributed by atoms with Crippen LogP contribution in [-0.2, 0) is 11.3 Å². The molecule has 200 valence electrons. The monoisotopic (exact) mass is 508 g/mol. The summed E-state index contributed by atoms with van der Waals surface area (Å²) in [5, 5.41) is 16.8. The van der Waals surface area contributed by atoms with Crippen molar-refractivity contribution in [1.82, 2.24) is 0 Å². The third-order valence-electron chi connectivity index (χ3n) is 6.29. The first-order chi connectivity index (χ1) is 17.6. The van der Waals surface area contributed by atoms with Gasteiger partial charge in [0.05, 0.1) is 19.0 Å². The van der Waals surface area contributed by atoms with Gasteiger partial charge >= 0.3 is 0 Å². The Hall–Kier alpha value is -3.31. The fourth-order valence-corrected chi connectivity index (χ4v) is 4.60. The van der Waals surface area contributed by atoms with E-state index in [2.05, 4.69) is 33.1 Å². The number of hydrogen-bond acceptors (Lipinski definition) is 4. The molecule has 1 fully saturated rings. The van der Waals surface area contributed by atoms with Crippen LogP contribution in [0, 0.1) is 25.6 Å². The molecule has 1 saturated carbocycles. The molecular formula is C32H41FO4. The number of halogens is 1. The number of aliphatic hydroxyl groups excluding tert-OH is 2. The van der Waals surface area contributed by atoms with Crippen LogP contribution in [0.1, 0.15) is 56.7 Å². The topological polar surface area (TPSA) is 58.9 Å². The molecule has 0 saturated heterocycles.